The second kappa shape index (κ2) is 3.53. The highest BCUT2D eigenvalue weighted by Gasteiger charge is 2.05. The normalized spacial score (nSPS) is 10.5. The number of carboxylic acid groups (broad SMARTS) is 2. The molecule has 0 spiro atoms. The molecular weight excluding hydrogens is 176 g/mol. The van der Waals surface area contributed by atoms with Crippen molar-refractivity contribution in [3.05, 3.63) is 23.5 Å². The minimum Gasteiger partial charge on any atom is -0.478 e. The van der Waals surface area contributed by atoms with E-state index >= 15 is 0 Å². The van der Waals surface area contributed by atoms with E-state index in [0.717, 1.165) is 6.08 Å². The topological polar surface area (TPSA) is 103 Å². The fourth-order valence-electron chi connectivity index (χ4n) is 0.693. The second-order valence-corrected chi connectivity index (χ2v) is 2.19. The number of H-pyrrole nitrogens is 1. The van der Waals surface area contributed by atoms with Gasteiger partial charge in [0.05, 0.1) is 5.69 Å². The van der Waals surface area contributed by atoms with Crippen LogP contribution >= 0.6 is 0 Å². The number of nitrogens with zero attached hydrogens (tertiary/aromatic N) is 1. The molecule has 0 aliphatic heterocycles. The quantitative estimate of drug-likeness (QED) is 0.579. The summed E-state index contributed by atoms with van der Waals surface area (Å²) in [7, 11) is 0. The van der Waals surface area contributed by atoms with Gasteiger partial charge in [0.25, 0.3) is 0 Å². The lowest BCUT2D eigenvalue weighted by Crippen LogP contribution is -1.95. The smallest absolute Gasteiger partial charge is 0.356 e. The molecule has 6 nitrogen and oxygen atoms in total. The second-order valence-electron chi connectivity index (χ2n) is 2.19. The molecule has 0 fully saturated rings. The molecule has 0 amide bonds. The molecule has 0 radical (unpaired) electrons. The number of aliphatic carboxylic acids is 1. The van der Waals surface area contributed by atoms with Crippen LogP contribution in [0.15, 0.2) is 12.1 Å². The van der Waals surface area contributed by atoms with Gasteiger partial charge in [-0.2, -0.15) is 5.10 Å². The van der Waals surface area contributed by atoms with Crippen LogP contribution in [0, 0.1) is 0 Å². The number of rotatable bonds is 3. The fourth-order valence-corrected chi connectivity index (χ4v) is 0.693. The first kappa shape index (κ1) is 8.98. The number of aromatic nitrogens is 2. The minimum absolute atomic E-state index is 0.148. The van der Waals surface area contributed by atoms with Gasteiger partial charge in [0.1, 0.15) is 0 Å². The summed E-state index contributed by atoms with van der Waals surface area (Å²) in [5.74, 6) is -2.27. The van der Waals surface area contributed by atoms with Gasteiger partial charge < -0.3 is 10.2 Å². The van der Waals surface area contributed by atoms with Crippen molar-refractivity contribution in [1.82, 2.24) is 10.2 Å². The maximum absolute atomic E-state index is 10.3. The van der Waals surface area contributed by atoms with Gasteiger partial charge >= 0.3 is 11.9 Å². The number of aromatic amines is 1. The molecule has 1 aromatic heterocycles. The standard InChI is InChI=1S/C7H6N2O4/c10-6(11)2-1-4-3-5(7(12)13)9-8-4/h1-3H,(H,8,9)(H,10,11)(H,12,13). The molecule has 0 saturated carbocycles. The molecule has 0 bridgehead atoms. The Hall–Kier alpha value is -2.11. The third-order valence-electron chi connectivity index (χ3n) is 1.22. The van der Waals surface area contributed by atoms with Gasteiger partial charge in [-0.05, 0) is 12.1 Å². The monoisotopic (exact) mass is 182 g/mol. The van der Waals surface area contributed by atoms with Gasteiger partial charge in [-0.25, -0.2) is 9.59 Å². The molecule has 13 heavy (non-hydrogen) atoms. The van der Waals surface area contributed by atoms with Crippen LogP contribution < -0.4 is 0 Å². The first-order chi connectivity index (χ1) is 6.09. The van der Waals surface area contributed by atoms with Crippen molar-refractivity contribution in [1.29, 1.82) is 0 Å². The summed E-state index contributed by atoms with van der Waals surface area (Å²) in [6.45, 7) is 0. The van der Waals surface area contributed by atoms with Gasteiger partial charge in [-0.3, -0.25) is 5.10 Å². The summed E-state index contributed by atoms with van der Waals surface area (Å²) in [5.41, 5.74) is 0.185. The first-order valence-electron chi connectivity index (χ1n) is 3.29. The first-order valence-corrected chi connectivity index (χ1v) is 3.29. The molecule has 0 saturated heterocycles. The Labute approximate surface area is 72.5 Å². The number of hydrogen-bond donors (Lipinski definition) is 3. The highest BCUT2D eigenvalue weighted by Crippen LogP contribution is 2.01. The third kappa shape index (κ3) is 2.44. The predicted molar refractivity (Wildman–Crippen MR) is 42.2 cm³/mol. The van der Waals surface area contributed by atoms with Gasteiger partial charge in [-0.15, -0.1) is 0 Å². The van der Waals surface area contributed by atoms with E-state index < -0.39 is 11.9 Å². The van der Waals surface area contributed by atoms with Crippen LogP contribution in [-0.2, 0) is 4.79 Å². The van der Waals surface area contributed by atoms with Crippen molar-refractivity contribution < 1.29 is 19.8 Å². The zero-order chi connectivity index (χ0) is 9.84. The molecule has 68 valence electrons. The van der Waals surface area contributed by atoms with Crippen LogP contribution in [0.5, 0.6) is 0 Å². The van der Waals surface area contributed by atoms with Crippen LogP contribution in [0.25, 0.3) is 6.08 Å². The SMILES string of the molecule is O=C(O)C=Cc1cc(C(=O)O)n[nH]1. The molecular formula is C7H6N2O4. The molecule has 0 aromatic carbocycles. The average Bonchev–Trinajstić information content (AvgIpc) is 2.48. The van der Waals surface area contributed by atoms with E-state index in [1.807, 2.05) is 0 Å². The fraction of sp³-hybridized carbons (Fsp3) is 0. The molecule has 1 heterocycles. The van der Waals surface area contributed by atoms with Crippen molar-refractivity contribution in [2.75, 3.05) is 0 Å². The molecule has 0 aliphatic rings. The number of hydrogen-bond acceptors (Lipinski definition) is 3. The average molecular weight is 182 g/mol. The summed E-state index contributed by atoms with van der Waals surface area (Å²) < 4.78 is 0. The Bertz CT molecular complexity index is 366. The highest BCUT2D eigenvalue weighted by atomic mass is 16.4. The maximum Gasteiger partial charge on any atom is 0.356 e. The van der Waals surface area contributed by atoms with E-state index in [1.165, 1.54) is 12.1 Å². The van der Waals surface area contributed by atoms with Gasteiger partial charge in [0.15, 0.2) is 5.69 Å². The van der Waals surface area contributed by atoms with E-state index in [0.29, 0.717) is 5.69 Å². The van der Waals surface area contributed by atoms with E-state index in [4.69, 9.17) is 10.2 Å². The van der Waals surface area contributed by atoms with E-state index in [2.05, 4.69) is 10.2 Å². The van der Waals surface area contributed by atoms with Crippen LogP contribution in [0.3, 0.4) is 0 Å². The minimum atomic E-state index is -1.16. The Balaban J connectivity index is 2.80. The molecule has 1 aromatic rings. The predicted octanol–water partition coefficient (Wildman–Crippen LogP) is 0.206. The zero-order valence-corrected chi connectivity index (χ0v) is 6.39. The third-order valence-corrected chi connectivity index (χ3v) is 1.22. The largest absolute Gasteiger partial charge is 0.478 e. The Kier molecular flexibility index (Phi) is 2.44. The lowest BCUT2D eigenvalue weighted by molar-refractivity contribution is -0.131. The van der Waals surface area contributed by atoms with Crippen LogP contribution in [-0.4, -0.2) is 32.3 Å². The summed E-state index contributed by atoms with van der Waals surface area (Å²) in [6.07, 6.45) is 2.11. The summed E-state index contributed by atoms with van der Waals surface area (Å²) in [5, 5.41) is 22.5. The molecule has 0 unspecified atom stereocenters. The molecule has 0 atom stereocenters. The lowest BCUT2D eigenvalue weighted by atomic mass is 10.3. The van der Waals surface area contributed by atoms with Crippen molar-refractivity contribution in [2.24, 2.45) is 0 Å². The molecule has 1 rings (SSSR count). The van der Waals surface area contributed by atoms with Crippen molar-refractivity contribution >= 4 is 18.0 Å². The van der Waals surface area contributed by atoms with E-state index in [9.17, 15) is 9.59 Å². The van der Waals surface area contributed by atoms with Crippen LogP contribution in [0.4, 0.5) is 0 Å². The van der Waals surface area contributed by atoms with Gasteiger partial charge in [-0.1, -0.05) is 0 Å². The Morgan fingerprint density at radius 1 is 1.46 bits per heavy atom. The van der Waals surface area contributed by atoms with E-state index in [-0.39, 0.29) is 5.69 Å². The summed E-state index contributed by atoms with van der Waals surface area (Å²) in [4.78, 5) is 20.4. The van der Waals surface area contributed by atoms with Crippen molar-refractivity contribution in [3.63, 3.8) is 0 Å². The number of carbonyl (C=O) groups is 2. The maximum atomic E-state index is 10.3. The molecule has 0 aliphatic carbocycles. The van der Waals surface area contributed by atoms with Crippen molar-refractivity contribution in [3.8, 4) is 0 Å². The lowest BCUT2D eigenvalue weighted by Gasteiger charge is -1.80. The summed E-state index contributed by atoms with van der Waals surface area (Å²) >= 11 is 0. The van der Waals surface area contributed by atoms with E-state index in [1.54, 1.807) is 0 Å². The zero-order valence-electron chi connectivity index (χ0n) is 6.39. The Morgan fingerprint density at radius 3 is 2.62 bits per heavy atom. The van der Waals surface area contributed by atoms with Crippen LogP contribution in [0.1, 0.15) is 16.2 Å². The highest BCUT2D eigenvalue weighted by molar-refractivity contribution is 5.87. The summed E-state index contributed by atoms with van der Waals surface area (Å²) in [6, 6.07) is 1.24. The van der Waals surface area contributed by atoms with Gasteiger partial charge in [0.2, 0.25) is 0 Å². The van der Waals surface area contributed by atoms with Crippen LogP contribution in [0.2, 0.25) is 0 Å². The Morgan fingerprint density at radius 2 is 2.15 bits per heavy atom. The van der Waals surface area contributed by atoms with Crippen molar-refractivity contribution in [2.45, 2.75) is 0 Å². The van der Waals surface area contributed by atoms with Gasteiger partial charge in [0, 0.05) is 6.08 Å². The number of carboxylic acids is 2. The number of nitrogens with one attached hydrogen (secondary N) is 1. The molecule has 6 heteroatoms. The molecule has 3 N–H and O–H groups in total. The number of aromatic carboxylic acids is 1.